The number of nitrogens with zero attached hydrogens (tertiary/aromatic N) is 1. The highest BCUT2D eigenvalue weighted by molar-refractivity contribution is 5.89. The van der Waals surface area contributed by atoms with E-state index in [4.69, 9.17) is 4.74 Å². The predicted octanol–water partition coefficient (Wildman–Crippen LogP) is 2.77. The van der Waals surface area contributed by atoms with Gasteiger partial charge in [-0.3, -0.25) is 4.79 Å². The van der Waals surface area contributed by atoms with E-state index in [2.05, 4.69) is 11.4 Å². The van der Waals surface area contributed by atoms with Crippen LogP contribution in [0.2, 0.25) is 0 Å². The second kappa shape index (κ2) is 6.26. The van der Waals surface area contributed by atoms with Crippen LogP contribution in [-0.4, -0.2) is 13.0 Å². The molecule has 1 aromatic heterocycles. The predicted molar refractivity (Wildman–Crippen MR) is 85.8 cm³/mol. The first kappa shape index (κ1) is 14.1. The third kappa shape index (κ3) is 3.23. The van der Waals surface area contributed by atoms with Crippen LogP contribution in [0.4, 0.5) is 5.69 Å². The van der Waals surface area contributed by atoms with Gasteiger partial charge in [0.2, 0.25) is 6.54 Å². The summed E-state index contributed by atoms with van der Waals surface area (Å²) in [6.45, 7) is 0.275. The fourth-order valence-corrected chi connectivity index (χ4v) is 2.32. The Balaban J connectivity index is 1.69. The summed E-state index contributed by atoms with van der Waals surface area (Å²) in [5.41, 5.74) is 0.757. The average Bonchev–Trinajstić information content (AvgIpc) is 2.55. The molecule has 0 atom stereocenters. The van der Waals surface area contributed by atoms with Crippen molar-refractivity contribution in [1.29, 1.82) is 0 Å². The van der Waals surface area contributed by atoms with E-state index in [1.165, 1.54) is 0 Å². The van der Waals surface area contributed by atoms with Crippen LogP contribution in [0.1, 0.15) is 0 Å². The molecule has 0 spiro atoms. The Morgan fingerprint density at radius 2 is 1.77 bits per heavy atom. The third-order valence-electron chi connectivity index (χ3n) is 3.45. The molecule has 1 N–H and O–H groups in total. The number of hydrogen-bond acceptors (Lipinski definition) is 2. The number of fused-ring (bicyclic) bond motifs is 1. The summed E-state index contributed by atoms with van der Waals surface area (Å²) >= 11 is 0. The molecule has 1 amide bonds. The maximum Gasteiger partial charge on any atom is 0.290 e. The summed E-state index contributed by atoms with van der Waals surface area (Å²) in [4.78, 5) is 12.1. The molecule has 4 heteroatoms. The van der Waals surface area contributed by atoms with Gasteiger partial charge in [-0.15, -0.1) is 0 Å². The van der Waals surface area contributed by atoms with Crippen molar-refractivity contribution in [2.24, 2.45) is 0 Å². The fraction of sp³-hybridized carbons (Fsp3) is 0.111. The Labute approximate surface area is 129 Å². The number of benzene rings is 2. The van der Waals surface area contributed by atoms with Crippen LogP contribution in [-0.2, 0) is 11.3 Å². The zero-order valence-corrected chi connectivity index (χ0v) is 12.3. The Morgan fingerprint density at radius 3 is 2.50 bits per heavy atom. The van der Waals surface area contributed by atoms with Crippen LogP contribution < -0.4 is 14.6 Å². The number of aromatic nitrogens is 1. The molecule has 3 rings (SSSR count). The summed E-state index contributed by atoms with van der Waals surface area (Å²) in [7, 11) is 1.62. The monoisotopic (exact) mass is 293 g/mol. The molecule has 4 nitrogen and oxygen atoms in total. The fourth-order valence-electron chi connectivity index (χ4n) is 2.32. The quantitative estimate of drug-likeness (QED) is 0.752. The summed E-state index contributed by atoms with van der Waals surface area (Å²) in [6.07, 6.45) is 3.89. The number of ether oxygens (including phenoxy) is 1. The summed E-state index contributed by atoms with van der Waals surface area (Å²) < 4.78 is 6.97. The SMILES string of the molecule is COc1ccc(NC(=O)C[n+]2ccc3ccccc3c2)cc1. The summed E-state index contributed by atoms with van der Waals surface area (Å²) in [6, 6.07) is 17.4. The van der Waals surface area contributed by atoms with E-state index in [-0.39, 0.29) is 12.5 Å². The third-order valence-corrected chi connectivity index (χ3v) is 3.45. The number of carbonyl (C=O) groups excluding carboxylic acids is 1. The molecule has 0 unspecified atom stereocenters. The second-order valence-electron chi connectivity index (χ2n) is 5.02. The van der Waals surface area contributed by atoms with E-state index in [0.717, 1.165) is 22.2 Å². The number of pyridine rings is 1. The van der Waals surface area contributed by atoms with Crippen molar-refractivity contribution in [2.45, 2.75) is 6.54 Å². The molecule has 110 valence electrons. The van der Waals surface area contributed by atoms with Crippen LogP contribution >= 0.6 is 0 Å². The number of nitrogens with one attached hydrogen (secondary N) is 1. The van der Waals surface area contributed by atoms with Crippen molar-refractivity contribution in [3.05, 3.63) is 67.0 Å². The van der Waals surface area contributed by atoms with Crippen LogP contribution in [0.5, 0.6) is 5.75 Å². The molecule has 0 aliphatic heterocycles. The first-order valence-electron chi connectivity index (χ1n) is 7.06. The highest BCUT2D eigenvalue weighted by atomic mass is 16.5. The first-order valence-corrected chi connectivity index (χ1v) is 7.06. The van der Waals surface area contributed by atoms with Gasteiger partial charge in [0.05, 0.1) is 7.11 Å². The van der Waals surface area contributed by atoms with Crippen molar-refractivity contribution in [3.8, 4) is 5.75 Å². The Hall–Kier alpha value is -2.88. The van der Waals surface area contributed by atoms with E-state index in [9.17, 15) is 4.79 Å². The molecule has 0 bridgehead atoms. The van der Waals surface area contributed by atoms with E-state index in [1.807, 2.05) is 65.5 Å². The lowest BCUT2D eigenvalue weighted by atomic mass is 10.2. The molecule has 0 fully saturated rings. The Kier molecular flexibility index (Phi) is 4.01. The van der Waals surface area contributed by atoms with Crippen molar-refractivity contribution in [3.63, 3.8) is 0 Å². The van der Waals surface area contributed by atoms with Gasteiger partial charge in [0.25, 0.3) is 5.91 Å². The number of anilines is 1. The Morgan fingerprint density at radius 1 is 1.05 bits per heavy atom. The molecule has 3 aromatic rings. The molecule has 0 aliphatic rings. The van der Waals surface area contributed by atoms with Crippen LogP contribution in [0.15, 0.2) is 67.0 Å². The van der Waals surface area contributed by atoms with Gasteiger partial charge in [0, 0.05) is 17.1 Å². The molecule has 22 heavy (non-hydrogen) atoms. The lowest BCUT2D eigenvalue weighted by Crippen LogP contribution is -2.39. The molecule has 1 heterocycles. The van der Waals surface area contributed by atoms with Crippen molar-refractivity contribution >= 4 is 22.4 Å². The minimum absolute atomic E-state index is 0.0644. The molecule has 0 saturated carbocycles. The maximum absolute atomic E-state index is 12.1. The normalized spacial score (nSPS) is 10.4. The van der Waals surface area contributed by atoms with Crippen LogP contribution in [0.3, 0.4) is 0 Å². The molecular weight excluding hydrogens is 276 g/mol. The number of hydrogen-bond donors (Lipinski definition) is 1. The lowest BCUT2D eigenvalue weighted by Gasteiger charge is -2.05. The molecular formula is C18H17N2O2+. The Bertz CT molecular complexity index is 798. The highest BCUT2D eigenvalue weighted by Gasteiger charge is 2.10. The number of amides is 1. The van der Waals surface area contributed by atoms with Crippen molar-refractivity contribution in [1.82, 2.24) is 0 Å². The maximum atomic E-state index is 12.1. The minimum Gasteiger partial charge on any atom is -0.497 e. The average molecular weight is 293 g/mol. The van der Waals surface area contributed by atoms with Crippen molar-refractivity contribution < 1.29 is 14.1 Å². The van der Waals surface area contributed by atoms with E-state index in [0.29, 0.717) is 0 Å². The molecule has 0 saturated heterocycles. The summed E-state index contributed by atoms with van der Waals surface area (Å²) in [5.74, 6) is 0.701. The molecule has 0 aliphatic carbocycles. The van der Waals surface area contributed by atoms with Gasteiger partial charge in [0.1, 0.15) is 5.75 Å². The topological polar surface area (TPSA) is 42.2 Å². The zero-order chi connectivity index (χ0) is 15.4. The number of rotatable bonds is 4. The van der Waals surface area contributed by atoms with Gasteiger partial charge in [0.15, 0.2) is 12.4 Å². The van der Waals surface area contributed by atoms with E-state index < -0.39 is 0 Å². The van der Waals surface area contributed by atoms with Gasteiger partial charge in [-0.2, -0.15) is 4.57 Å². The van der Waals surface area contributed by atoms with Gasteiger partial charge < -0.3 is 10.1 Å². The van der Waals surface area contributed by atoms with Gasteiger partial charge in [-0.05, 0) is 35.7 Å². The lowest BCUT2D eigenvalue weighted by molar-refractivity contribution is -0.682. The van der Waals surface area contributed by atoms with Gasteiger partial charge >= 0.3 is 0 Å². The standard InChI is InChI=1S/C18H16N2O2/c1-22-17-8-6-16(7-9-17)19-18(21)13-20-11-10-14-4-2-3-5-15(14)12-20/h2-12H,13H2,1H3/p+1. The molecule has 0 radical (unpaired) electrons. The molecule has 2 aromatic carbocycles. The van der Waals surface area contributed by atoms with Crippen molar-refractivity contribution in [2.75, 3.05) is 12.4 Å². The minimum atomic E-state index is -0.0644. The number of carbonyl (C=O) groups is 1. The largest absolute Gasteiger partial charge is 0.497 e. The smallest absolute Gasteiger partial charge is 0.290 e. The van der Waals surface area contributed by atoms with Crippen LogP contribution in [0, 0.1) is 0 Å². The van der Waals surface area contributed by atoms with Gasteiger partial charge in [-0.1, -0.05) is 18.2 Å². The summed E-state index contributed by atoms with van der Waals surface area (Å²) in [5, 5.41) is 5.15. The zero-order valence-electron chi connectivity index (χ0n) is 12.3. The van der Waals surface area contributed by atoms with Gasteiger partial charge in [-0.25, -0.2) is 0 Å². The number of methoxy groups -OCH3 is 1. The van der Waals surface area contributed by atoms with Crippen LogP contribution in [0.25, 0.3) is 10.8 Å². The highest BCUT2D eigenvalue weighted by Crippen LogP contribution is 2.15. The second-order valence-corrected chi connectivity index (χ2v) is 5.02. The first-order chi connectivity index (χ1) is 10.7. The van der Waals surface area contributed by atoms with E-state index in [1.54, 1.807) is 7.11 Å². The van der Waals surface area contributed by atoms with E-state index >= 15 is 0 Å².